The Morgan fingerprint density at radius 3 is 2.86 bits per heavy atom. The highest BCUT2D eigenvalue weighted by molar-refractivity contribution is 5.84. The zero-order chi connectivity index (χ0) is 9.97. The molecule has 1 aliphatic heterocycles. The first kappa shape index (κ1) is 9.03. The van der Waals surface area contributed by atoms with Crippen molar-refractivity contribution in [1.82, 2.24) is 0 Å². The standard InChI is InChI=1S/C12H13NO/c1-10-6-7-13(8-9-14)12-5-3-2-4-11(10)12/h2-7,14H,1,8-9H2. The maximum absolute atomic E-state index is 8.91. The second kappa shape index (κ2) is 3.68. The van der Waals surface area contributed by atoms with Crippen molar-refractivity contribution in [3.8, 4) is 0 Å². The minimum absolute atomic E-state index is 0.158. The summed E-state index contributed by atoms with van der Waals surface area (Å²) in [7, 11) is 0. The second-order valence-electron chi connectivity index (χ2n) is 3.28. The van der Waals surface area contributed by atoms with Gasteiger partial charge < -0.3 is 10.0 Å². The van der Waals surface area contributed by atoms with E-state index < -0.39 is 0 Å². The lowest BCUT2D eigenvalue weighted by Crippen LogP contribution is -2.23. The summed E-state index contributed by atoms with van der Waals surface area (Å²) in [6.07, 6.45) is 3.93. The van der Waals surface area contributed by atoms with Crippen LogP contribution in [0.25, 0.3) is 5.57 Å². The van der Waals surface area contributed by atoms with Gasteiger partial charge in [-0.3, -0.25) is 0 Å². The SMILES string of the molecule is C=C1C=CN(CCO)c2ccccc21. The molecule has 0 aromatic heterocycles. The number of para-hydroxylation sites is 1. The number of β-amino-alcohol motifs (C(OH)–C–C–N with tert-alkyl or cyclic N) is 1. The van der Waals surface area contributed by atoms with Crippen molar-refractivity contribution < 1.29 is 5.11 Å². The Morgan fingerprint density at radius 1 is 1.29 bits per heavy atom. The van der Waals surface area contributed by atoms with Crippen LogP contribution < -0.4 is 4.90 Å². The van der Waals surface area contributed by atoms with E-state index in [1.807, 2.05) is 41.4 Å². The number of nitrogens with zero attached hydrogens (tertiary/aromatic N) is 1. The Bertz CT molecular complexity index is 382. The van der Waals surface area contributed by atoms with Crippen LogP contribution in [-0.4, -0.2) is 18.3 Å². The zero-order valence-corrected chi connectivity index (χ0v) is 7.98. The molecule has 2 nitrogen and oxygen atoms in total. The van der Waals surface area contributed by atoms with E-state index in [-0.39, 0.29) is 6.61 Å². The van der Waals surface area contributed by atoms with Gasteiger partial charge in [-0.1, -0.05) is 24.8 Å². The van der Waals surface area contributed by atoms with E-state index in [0.29, 0.717) is 6.54 Å². The lowest BCUT2D eigenvalue weighted by Gasteiger charge is -2.26. The van der Waals surface area contributed by atoms with Crippen LogP contribution in [0.5, 0.6) is 0 Å². The lowest BCUT2D eigenvalue weighted by molar-refractivity contribution is 0.305. The van der Waals surface area contributed by atoms with Crippen LogP contribution in [0.4, 0.5) is 5.69 Å². The number of aliphatic hydroxyl groups excluding tert-OH is 1. The maximum Gasteiger partial charge on any atom is 0.0610 e. The minimum atomic E-state index is 0.158. The van der Waals surface area contributed by atoms with Crippen molar-refractivity contribution in [3.05, 3.63) is 48.7 Å². The van der Waals surface area contributed by atoms with Crippen LogP contribution in [0.1, 0.15) is 5.56 Å². The van der Waals surface area contributed by atoms with Gasteiger partial charge in [-0.2, -0.15) is 0 Å². The van der Waals surface area contributed by atoms with Gasteiger partial charge in [0.1, 0.15) is 0 Å². The molecule has 0 spiro atoms. The molecular formula is C12H13NO. The molecule has 2 rings (SSSR count). The van der Waals surface area contributed by atoms with Gasteiger partial charge in [0.15, 0.2) is 0 Å². The van der Waals surface area contributed by atoms with Crippen molar-refractivity contribution in [2.45, 2.75) is 0 Å². The molecule has 14 heavy (non-hydrogen) atoms. The molecule has 1 aromatic carbocycles. The number of rotatable bonds is 2. The molecule has 0 atom stereocenters. The number of hydrogen-bond donors (Lipinski definition) is 1. The van der Waals surface area contributed by atoms with Crippen molar-refractivity contribution in [2.24, 2.45) is 0 Å². The summed E-state index contributed by atoms with van der Waals surface area (Å²) in [6.45, 7) is 4.76. The highest BCUT2D eigenvalue weighted by Crippen LogP contribution is 2.30. The summed E-state index contributed by atoms with van der Waals surface area (Å²) < 4.78 is 0. The number of benzene rings is 1. The van der Waals surface area contributed by atoms with E-state index in [1.165, 1.54) is 0 Å². The third kappa shape index (κ3) is 1.44. The van der Waals surface area contributed by atoms with E-state index >= 15 is 0 Å². The molecule has 0 saturated heterocycles. The summed E-state index contributed by atoms with van der Waals surface area (Å²) in [6, 6.07) is 8.08. The van der Waals surface area contributed by atoms with Gasteiger partial charge in [-0.15, -0.1) is 0 Å². The Kier molecular flexibility index (Phi) is 2.37. The predicted molar refractivity (Wildman–Crippen MR) is 59.0 cm³/mol. The molecule has 1 aromatic rings. The van der Waals surface area contributed by atoms with Crippen LogP contribution in [-0.2, 0) is 0 Å². The summed E-state index contributed by atoms with van der Waals surface area (Å²) in [5.41, 5.74) is 3.28. The quantitative estimate of drug-likeness (QED) is 0.765. The highest BCUT2D eigenvalue weighted by atomic mass is 16.3. The van der Waals surface area contributed by atoms with Crippen molar-refractivity contribution >= 4 is 11.3 Å². The highest BCUT2D eigenvalue weighted by Gasteiger charge is 2.13. The molecule has 0 saturated carbocycles. The van der Waals surface area contributed by atoms with Crippen molar-refractivity contribution in [1.29, 1.82) is 0 Å². The van der Waals surface area contributed by atoms with E-state index in [4.69, 9.17) is 5.11 Å². The molecule has 0 aliphatic carbocycles. The average molecular weight is 187 g/mol. The number of fused-ring (bicyclic) bond motifs is 1. The Labute approximate surface area is 83.8 Å². The third-order valence-corrected chi connectivity index (χ3v) is 2.36. The average Bonchev–Trinajstić information content (AvgIpc) is 2.23. The Balaban J connectivity index is 2.42. The topological polar surface area (TPSA) is 23.5 Å². The first-order valence-corrected chi connectivity index (χ1v) is 4.67. The van der Waals surface area contributed by atoms with E-state index in [2.05, 4.69) is 6.58 Å². The second-order valence-corrected chi connectivity index (χ2v) is 3.28. The van der Waals surface area contributed by atoms with Crippen LogP contribution in [0.3, 0.4) is 0 Å². The van der Waals surface area contributed by atoms with Crippen LogP contribution in [0.2, 0.25) is 0 Å². The fourth-order valence-corrected chi connectivity index (χ4v) is 1.65. The molecular weight excluding hydrogens is 174 g/mol. The zero-order valence-electron chi connectivity index (χ0n) is 7.98. The molecule has 1 N–H and O–H groups in total. The fraction of sp³-hybridized carbons (Fsp3) is 0.167. The normalized spacial score (nSPS) is 14.4. The van der Waals surface area contributed by atoms with Gasteiger partial charge in [-0.25, -0.2) is 0 Å². The van der Waals surface area contributed by atoms with Crippen LogP contribution in [0.15, 0.2) is 43.1 Å². The molecule has 0 fully saturated rings. The van der Waals surface area contributed by atoms with E-state index in [1.54, 1.807) is 0 Å². The van der Waals surface area contributed by atoms with Gasteiger partial charge in [0.05, 0.1) is 6.61 Å². The summed E-state index contributed by atoms with van der Waals surface area (Å²) >= 11 is 0. The van der Waals surface area contributed by atoms with Gasteiger partial charge in [0.25, 0.3) is 0 Å². The summed E-state index contributed by atoms with van der Waals surface area (Å²) in [5, 5.41) is 8.91. The first-order valence-electron chi connectivity index (χ1n) is 4.67. The first-order chi connectivity index (χ1) is 6.83. The van der Waals surface area contributed by atoms with Crippen LogP contribution in [0, 0.1) is 0 Å². The lowest BCUT2D eigenvalue weighted by atomic mass is 10.0. The number of allylic oxidation sites excluding steroid dienone is 2. The summed E-state index contributed by atoms with van der Waals surface area (Å²) in [4.78, 5) is 2.03. The molecule has 0 radical (unpaired) electrons. The number of anilines is 1. The van der Waals surface area contributed by atoms with Gasteiger partial charge >= 0.3 is 0 Å². The molecule has 0 bridgehead atoms. The van der Waals surface area contributed by atoms with E-state index in [9.17, 15) is 0 Å². The van der Waals surface area contributed by atoms with Gasteiger partial charge in [0, 0.05) is 24.0 Å². The molecule has 1 aliphatic rings. The number of hydrogen-bond acceptors (Lipinski definition) is 2. The van der Waals surface area contributed by atoms with Crippen molar-refractivity contribution in [3.63, 3.8) is 0 Å². The molecule has 0 amide bonds. The molecule has 1 heterocycles. The summed E-state index contributed by atoms with van der Waals surface area (Å²) in [5.74, 6) is 0. The van der Waals surface area contributed by atoms with Gasteiger partial charge in [0.2, 0.25) is 0 Å². The Morgan fingerprint density at radius 2 is 2.07 bits per heavy atom. The third-order valence-electron chi connectivity index (χ3n) is 2.36. The maximum atomic E-state index is 8.91. The molecule has 2 heteroatoms. The Hall–Kier alpha value is -1.54. The predicted octanol–water partition coefficient (Wildman–Crippen LogP) is 2.03. The van der Waals surface area contributed by atoms with Gasteiger partial charge in [-0.05, 0) is 17.7 Å². The smallest absolute Gasteiger partial charge is 0.0610 e. The number of aliphatic hydroxyl groups is 1. The largest absolute Gasteiger partial charge is 0.395 e. The van der Waals surface area contributed by atoms with Crippen LogP contribution >= 0.6 is 0 Å². The molecule has 0 unspecified atom stereocenters. The van der Waals surface area contributed by atoms with Crippen molar-refractivity contribution in [2.75, 3.05) is 18.1 Å². The minimum Gasteiger partial charge on any atom is -0.395 e. The monoisotopic (exact) mass is 187 g/mol. The molecule has 72 valence electrons. The fourth-order valence-electron chi connectivity index (χ4n) is 1.65. The van der Waals surface area contributed by atoms with E-state index in [0.717, 1.165) is 16.8 Å².